The lowest BCUT2D eigenvalue weighted by Crippen LogP contribution is -2.49. The van der Waals surface area contributed by atoms with E-state index in [1.54, 1.807) is 0 Å². The van der Waals surface area contributed by atoms with E-state index in [-0.39, 0.29) is 5.91 Å². The summed E-state index contributed by atoms with van der Waals surface area (Å²) in [5.74, 6) is 1.79. The van der Waals surface area contributed by atoms with Crippen molar-refractivity contribution < 1.29 is 4.79 Å². The minimum atomic E-state index is 0.156. The Morgan fingerprint density at radius 1 is 1.40 bits per heavy atom. The second-order valence-corrected chi connectivity index (χ2v) is 5.12. The molecule has 110 valence electrons. The van der Waals surface area contributed by atoms with Crippen LogP contribution in [0, 0.1) is 6.92 Å². The number of nitrogens with one attached hydrogen (secondary N) is 1. The number of likely N-dealkylation sites (N-methyl/N-ethyl adjacent to an activating group) is 1. The fraction of sp³-hybridized carbons (Fsp3) is 0.643. The summed E-state index contributed by atoms with van der Waals surface area (Å²) in [7, 11) is 1.90. The van der Waals surface area contributed by atoms with Gasteiger partial charge in [0.05, 0.1) is 6.54 Å². The molecule has 0 aromatic carbocycles. The molecule has 1 aliphatic rings. The van der Waals surface area contributed by atoms with Gasteiger partial charge in [0.1, 0.15) is 11.6 Å². The van der Waals surface area contributed by atoms with Crippen LogP contribution in [0.4, 0.5) is 5.82 Å². The molecule has 0 saturated carbocycles. The van der Waals surface area contributed by atoms with E-state index in [1.807, 2.05) is 36.8 Å². The second-order valence-electron chi connectivity index (χ2n) is 5.12. The molecule has 1 saturated heterocycles. The Kier molecular flexibility index (Phi) is 4.89. The Morgan fingerprint density at radius 3 is 2.75 bits per heavy atom. The number of amides is 1. The lowest BCUT2D eigenvalue weighted by atomic mass is 10.3. The Hall–Kier alpha value is -1.69. The summed E-state index contributed by atoms with van der Waals surface area (Å²) in [4.78, 5) is 24.9. The smallest absolute Gasteiger partial charge is 0.242 e. The van der Waals surface area contributed by atoms with Gasteiger partial charge >= 0.3 is 0 Å². The van der Waals surface area contributed by atoms with Gasteiger partial charge < -0.3 is 15.1 Å². The van der Waals surface area contributed by atoms with Crippen LogP contribution < -0.4 is 10.2 Å². The molecule has 0 bridgehead atoms. The normalized spacial score (nSPS) is 15.2. The summed E-state index contributed by atoms with van der Waals surface area (Å²) in [6, 6.07) is 1.92. The van der Waals surface area contributed by atoms with Crippen molar-refractivity contribution in [3.05, 3.63) is 17.6 Å². The average molecular weight is 277 g/mol. The van der Waals surface area contributed by atoms with E-state index in [0.717, 1.165) is 49.9 Å². The Labute approximate surface area is 120 Å². The number of nitrogens with zero attached hydrogens (tertiary/aromatic N) is 4. The second kappa shape index (κ2) is 6.65. The number of aromatic nitrogens is 2. The van der Waals surface area contributed by atoms with Crippen LogP contribution >= 0.6 is 0 Å². The molecule has 1 fully saturated rings. The Balaban J connectivity index is 2.01. The van der Waals surface area contributed by atoms with Crippen LogP contribution in [-0.4, -0.2) is 60.5 Å². The van der Waals surface area contributed by atoms with Gasteiger partial charge in [-0.3, -0.25) is 4.79 Å². The minimum absolute atomic E-state index is 0.156. The van der Waals surface area contributed by atoms with Crippen LogP contribution in [0.2, 0.25) is 0 Å². The van der Waals surface area contributed by atoms with Crippen LogP contribution in [-0.2, 0) is 11.2 Å². The molecule has 6 nitrogen and oxygen atoms in total. The van der Waals surface area contributed by atoms with E-state index in [4.69, 9.17) is 0 Å². The summed E-state index contributed by atoms with van der Waals surface area (Å²) in [5, 5.41) is 3.25. The van der Waals surface area contributed by atoms with Gasteiger partial charge in [0.25, 0.3) is 0 Å². The number of anilines is 1. The molecule has 6 heteroatoms. The number of hydrogen-bond acceptors (Lipinski definition) is 5. The highest BCUT2D eigenvalue weighted by molar-refractivity contribution is 5.81. The molecule has 0 radical (unpaired) electrons. The lowest BCUT2D eigenvalue weighted by molar-refractivity contribution is -0.130. The van der Waals surface area contributed by atoms with E-state index in [0.29, 0.717) is 6.54 Å². The van der Waals surface area contributed by atoms with Gasteiger partial charge in [0.15, 0.2) is 0 Å². The van der Waals surface area contributed by atoms with Crippen molar-refractivity contribution in [2.75, 3.05) is 44.7 Å². The highest BCUT2D eigenvalue weighted by Gasteiger charge is 2.18. The molecule has 0 aliphatic carbocycles. The number of rotatable bonds is 4. The maximum atomic E-state index is 12.2. The first-order valence-corrected chi connectivity index (χ1v) is 7.14. The van der Waals surface area contributed by atoms with Crippen molar-refractivity contribution >= 4 is 11.7 Å². The topological polar surface area (TPSA) is 61.4 Å². The van der Waals surface area contributed by atoms with Crippen molar-refractivity contribution in [3.8, 4) is 0 Å². The molecule has 0 atom stereocenters. The predicted molar refractivity (Wildman–Crippen MR) is 78.9 cm³/mol. The molecule has 1 aromatic heterocycles. The van der Waals surface area contributed by atoms with Gasteiger partial charge in [-0.15, -0.1) is 0 Å². The quantitative estimate of drug-likeness (QED) is 0.853. The van der Waals surface area contributed by atoms with Crippen molar-refractivity contribution in [2.24, 2.45) is 0 Å². The van der Waals surface area contributed by atoms with Gasteiger partial charge in [-0.1, -0.05) is 6.92 Å². The van der Waals surface area contributed by atoms with Gasteiger partial charge in [0.2, 0.25) is 5.91 Å². The van der Waals surface area contributed by atoms with Crippen molar-refractivity contribution in [1.82, 2.24) is 20.2 Å². The highest BCUT2D eigenvalue weighted by Crippen LogP contribution is 2.11. The van der Waals surface area contributed by atoms with Crippen molar-refractivity contribution in [3.63, 3.8) is 0 Å². The highest BCUT2D eigenvalue weighted by atomic mass is 16.2. The molecular formula is C14H23N5O. The van der Waals surface area contributed by atoms with Crippen LogP contribution in [0.1, 0.15) is 18.4 Å². The largest absolute Gasteiger partial charge is 0.350 e. The third kappa shape index (κ3) is 3.66. The standard InChI is InChI=1S/C14H23N5O/c1-4-12-16-11(2)9-13(17-12)18(3)10-14(20)19-7-5-15-6-8-19/h9,15H,4-8,10H2,1-3H3. The maximum Gasteiger partial charge on any atom is 0.242 e. The maximum absolute atomic E-state index is 12.2. The lowest BCUT2D eigenvalue weighted by Gasteiger charge is -2.29. The summed E-state index contributed by atoms with van der Waals surface area (Å²) >= 11 is 0. The first-order valence-electron chi connectivity index (χ1n) is 7.14. The molecule has 0 unspecified atom stereocenters. The molecule has 2 heterocycles. The van der Waals surface area contributed by atoms with Crippen LogP contribution in [0.15, 0.2) is 6.07 Å². The van der Waals surface area contributed by atoms with E-state index >= 15 is 0 Å². The predicted octanol–water partition coefficient (Wildman–Crippen LogP) is 0.215. The molecular weight excluding hydrogens is 254 g/mol. The third-order valence-corrected chi connectivity index (χ3v) is 3.44. The molecule has 1 amide bonds. The minimum Gasteiger partial charge on any atom is -0.350 e. The molecule has 20 heavy (non-hydrogen) atoms. The van der Waals surface area contributed by atoms with Crippen molar-refractivity contribution in [1.29, 1.82) is 0 Å². The zero-order chi connectivity index (χ0) is 14.5. The van der Waals surface area contributed by atoms with Gasteiger partial charge in [-0.25, -0.2) is 9.97 Å². The first-order chi connectivity index (χ1) is 9.60. The number of aryl methyl sites for hydroxylation is 2. The zero-order valence-electron chi connectivity index (χ0n) is 12.5. The fourth-order valence-corrected chi connectivity index (χ4v) is 2.26. The Morgan fingerprint density at radius 2 is 2.10 bits per heavy atom. The molecule has 1 aliphatic heterocycles. The van der Waals surface area contributed by atoms with Crippen molar-refractivity contribution in [2.45, 2.75) is 20.3 Å². The van der Waals surface area contributed by atoms with Crippen LogP contribution in [0.25, 0.3) is 0 Å². The summed E-state index contributed by atoms with van der Waals surface area (Å²) in [6.07, 6.45) is 0.800. The van der Waals surface area contributed by atoms with Gasteiger partial charge in [-0.2, -0.15) is 0 Å². The molecule has 1 N–H and O–H groups in total. The zero-order valence-corrected chi connectivity index (χ0v) is 12.5. The summed E-state index contributed by atoms with van der Waals surface area (Å²) in [6.45, 7) is 7.68. The van der Waals surface area contributed by atoms with Crippen LogP contribution in [0.3, 0.4) is 0 Å². The van der Waals surface area contributed by atoms with E-state index in [9.17, 15) is 4.79 Å². The Bertz CT molecular complexity index is 471. The van der Waals surface area contributed by atoms with E-state index in [1.165, 1.54) is 0 Å². The van der Waals surface area contributed by atoms with E-state index < -0.39 is 0 Å². The number of piperazine rings is 1. The summed E-state index contributed by atoms with van der Waals surface area (Å²) in [5.41, 5.74) is 0.938. The molecule has 2 rings (SSSR count). The van der Waals surface area contributed by atoms with Gasteiger partial charge in [-0.05, 0) is 6.92 Å². The number of hydrogen-bond donors (Lipinski definition) is 1. The summed E-state index contributed by atoms with van der Waals surface area (Å²) < 4.78 is 0. The third-order valence-electron chi connectivity index (χ3n) is 3.44. The average Bonchev–Trinajstić information content (AvgIpc) is 2.47. The SMILES string of the molecule is CCc1nc(C)cc(N(C)CC(=O)N2CCNCC2)n1. The molecule has 1 aromatic rings. The van der Waals surface area contributed by atoms with Crippen LogP contribution in [0.5, 0.6) is 0 Å². The number of carbonyl (C=O) groups is 1. The first kappa shape index (κ1) is 14.7. The molecule has 0 spiro atoms. The van der Waals surface area contributed by atoms with Gasteiger partial charge in [0, 0.05) is 51.4 Å². The number of carbonyl (C=O) groups excluding carboxylic acids is 1. The monoisotopic (exact) mass is 277 g/mol. The fourth-order valence-electron chi connectivity index (χ4n) is 2.26. The van der Waals surface area contributed by atoms with E-state index in [2.05, 4.69) is 15.3 Å².